The summed E-state index contributed by atoms with van der Waals surface area (Å²) in [5.41, 5.74) is 0. The second-order valence-corrected chi connectivity index (χ2v) is 10.5. The summed E-state index contributed by atoms with van der Waals surface area (Å²) < 4.78 is 0.0554. The van der Waals surface area contributed by atoms with Gasteiger partial charge in [0.1, 0.15) is 0 Å². The minimum atomic E-state index is -0.209. The van der Waals surface area contributed by atoms with Crippen molar-refractivity contribution in [1.82, 2.24) is 0 Å². The van der Waals surface area contributed by atoms with Gasteiger partial charge in [0.25, 0.3) is 0 Å². The number of nitrogens with zero attached hydrogens (tertiary/aromatic N) is 1. The Kier molecular flexibility index (Phi) is 3.57. The summed E-state index contributed by atoms with van der Waals surface area (Å²) in [5, 5.41) is 11.4. The van der Waals surface area contributed by atoms with Crippen molar-refractivity contribution in [1.29, 1.82) is 0 Å². The zero-order valence-corrected chi connectivity index (χ0v) is 14.8. The van der Waals surface area contributed by atoms with Crippen LogP contribution in [0.4, 0.5) is 0 Å². The highest BCUT2D eigenvalue weighted by Gasteiger charge is 2.63. The molecular weight excluding hydrogens is 362 g/mol. The van der Waals surface area contributed by atoms with Gasteiger partial charge in [-0.15, -0.1) is 11.8 Å². The minimum Gasteiger partial charge on any atom is -0.264 e. The van der Waals surface area contributed by atoms with E-state index in [9.17, 15) is 10.1 Å². The number of halogens is 1. The van der Waals surface area contributed by atoms with Crippen LogP contribution in [0.5, 0.6) is 0 Å². The standard InChI is InChI=1S/C17H20BrNO2S/c18-16-8-12-6-13(9-16)17(11-19(20)21,14(7-12)10-16)22-15-4-2-1-3-5-15/h1-5,12-14H,6-11H2/t12?,13-,14+,16?,17?. The van der Waals surface area contributed by atoms with Gasteiger partial charge in [0.15, 0.2) is 0 Å². The number of hydrogen-bond donors (Lipinski definition) is 0. The van der Waals surface area contributed by atoms with Gasteiger partial charge in [-0.1, -0.05) is 34.1 Å². The second kappa shape index (κ2) is 5.23. The highest BCUT2D eigenvalue weighted by Crippen LogP contribution is 2.67. The van der Waals surface area contributed by atoms with Crippen LogP contribution >= 0.6 is 27.7 Å². The van der Waals surface area contributed by atoms with E-state index in [4.69, 9.17) is 0 Å². The SMILES string of the molecule is O=[N+]([O-])CC1(Sc2ccccc2)[C@@H]2CC3C[C@H]1CC(Br)(C3)C2. The predicted octanol–water partition coefficient (Wildman–Crippen LogP) is 4.77. The van der Waals surface area contributed by atoms with E-state index in [0.717, 1.165) is 18.8 Å². The maximum Gasteiger partial charge on any atom is 0.219 e. The molecule has 0 N–H and O–H groups in total. The number of alkyl halides is 1. The third-order valence-corrected chi connectivity index (χ3v) is 8.58. The first-order chi connectivity index (χ1) is 10.5. The molecule has 4 aliphatic carbocycles. The lowest BCUT2D eigenvalue weighted by Gasteiger charge is -2.62. The van der Waals surface area contributed by atoms with Crippen LogP contribution in [-0.2, 0) is 0 Å². The Labute approximate surface area is 143 Å². The summed E-state index contributed by atoms with van der Waals surface area (Å²) in [6.07, 6.45) is 5.83. The van der Waals surface area contributed by atoms with E-state index >= 15 is 0 Å². The Morgan fingerprint density at radius 1 is 1.18 bits per heavy atom. The normalized spacial score (nSPS) is 42.5. The predicted molar refractivity (Wildman–Crippen MR) is 92.1 cm³/mol. The molecule has 4 aliphatic rings. The molecule has 4 bridgehead atoms. The van der Waals surface area contributed by atoms with Crippen molar-refractivity contribution in [2.45, 2.75) is 46.1 Å². The average Bonchev–Trinajstić information content (AvgIpc) is 2.43. The first-order valence-corrected chi connectivity index (χ1v) is 9.65. The first kappa shape index (κ1) is 15.0. The summed E-state index contributed by atoms with van der Waals surface area (Å²) >= 11 is 5.77. The Hall–Kier alpha value is -0.550. The molecule has 0 spiro atoms. The molecule has 0 saturated heterocycles. The van der Waals surface area contributed by atoms with Crippen LogP contribution < -0.4 is 0 Å². The molecule has 5 heteroatoms. The summed E-state index contributed by atoms with van der Waals surface area (Å²) in [6.45, 7) is 0.109. The summed E-state index contributed by atoms with van der Waals surface area (Å²) in [6, 6.07) is 10.3. The maximum absolute atomic E-state index is 11.4. The van der Waals surface area contributed by atoms with Crippen LogP contribution in [0.3, 0.4) is 0 Å². The smallest absolute Gasteiger partial charge is 0.219 e. The van der Waals surface area contributed by atoms with Crippen LogP contribution in [0.15, 0.2) is 35.2 Å². The third-order valence-electron chi connectivity index (χ3n) is 5.92. The molecule has 5 atom stereocenters. The number of thioether (sulfide) groups is 1. The zero-order valence-electron chi connectivity index (χ0n) is 12.4. The summed E-state index contributed by atoms with van der Waals surface area (Å²) in [7, 11) is 0. The van der Waals surface area contributed by atoms with E-state index in [-0.39, 0.29) is 20.5 Å². The Bertz CT molecular complexity index is 578. The first-order valence-electron chi connectivity index (χ1n) is 8.04. The van der Waals surface area contributed by atoms with Gasteiger partial charge in [0.2, 0.25) is 6.54 Å². The monoisotopic (exact) mass is 381 g/mol. The maximum atomic E-state index is 11.4. The Morgan fingerprint density at radius 2 is 1.82 bits per heavy atom. The molecule has 4 saturated carbocycles. The van der Waals surface area contributed by atoms with E-state index in [1.54, 1.807) is 11.8 Å². The quantitative estimate of drug-likeness (QED) is 0.428. The van der Waals surface area contributed by atoms with Crippen molar-refractivity contribution >= 4 is 27.7 Å². The van der Waals surface area contributed by atoms with E-state index in [0.29, 0.717) is 11.8 Å². The number of rotatable bonds is 4. The molecule has 1 aromatic carbocycles. The van der Waals surface area contributed by atoms with Crippen molar-refractivity contribution in [2.24, 2.45) is 17.8 Å². The molecule has 0 radical (unpaired) electrons. The van der Waals surface area contributed by atoms with E-state index in [2.05, 4.69) is 28.1 Å². The van der Waals surface area contributed by atoms with Crippen LogP contribution in [0.2, 0.25) is 0 Å². The van der Waals surface area contributed by atoms with Gasteiger partial charge in [-0.25, -0.2) is 0 Å². The molecule has 0 aromatic heterocycles. The fourth-order valence-corrected chi connectivity index (χ4v) is 8.16. The van der Waals surface area contributed by atoms with Gasteiger partial charge in [0.05, 0.1) is 4.75 Å². The topological polar surface area (TPSA) is 43.1 Å². The Balaban J connectivity index is 1.71. The lowest BCUT2D eigenvalue weighted by molar-refractivity contribution is -0.490. The molecule has 0 aliphatic heterocycles. The molecule has 5 rings (SSSR count). The molecule has 22 heavy (non-hydrogen) atoms. The van der Waals surface area contributed by atoms with Gasteiger partial charge in [-0.3, -0.25) is 10.1 Å². The fraction of sp³-hybridized carbons (Fsp3) is 0.647. The van der Waals surface area contributed by atoms with Crippen LogP contribution in [0.25, 0.3) is 0 Å². The molecule has 118 valence electrons. The Morgan fingerprint density at radius 3 is 2.36 bits per heavy atom. The molecule has 4 fully saturated rings. The van der Waals surface area contributed by atoms with Crippen molar-refractivity contribution in [2.75, 3.05) is 6.54 Å². The molecule has 1 aromatic rings. The van der Waals surface area contributed by atoms with E-state index in [1.807, 2.05) is 18.2 Å². The van der Waals surface area contributed by atoms with Crippen LogP contribution in [0, 0.1) is 27.9 Å². The minimum absolute atomic E-state index is 0.0703. The van der Waals surface area contributed by atoms with Crippen molar-refractivity contribution < 1.29 is 4.92 Å². The lowest BCUT2D eigenvalue weighted by Crippen LogP contribution is -2.62. The second-order valence-electron chi connectivity index (χ2n) is 7.36. The molecule has 3 unspecified atom stereocenters. The molecule has 3 nitrogen and oxygen atoms in total. The fourth-order valence-electron chi connectivity index (χ4n) is 5.33. The van der Waals surface area contributed by atoms with Crippen molar-refractivity contribution in [3.63, 3.8) is 0 Å². The summed E-state index contributed by atoms with van der Waals surface area (Å²) in [4.78, 5) is 12.6. The van der Waals surface area contributed by atoms with Crippen molar-refractivity contribution in [3.8, 4) is 0 Å². The summed E-state index contributed by atoms with van der Waals surface area (Å²) in [5.74, 6) is 1.70. The van der Waals surface area contributed by atoms with Gasteiger partial charge < -0.3 is 0 Å². The molecule has 0 amide bonds. The largest absolute Gasteiger partial charge is 0.264 e. The highest BCUT2D eigenvalue weighted by molar-refractivity contribution is 9.10. The van der Waals surface area contributed by atoms with Gasteiger partial charge in [0, 0.05) is 14.1 Å². The average molecular weight is 382 g/mol. The third kappa shape index (κ3) is 2.41. The highest BCUT2D eigenvalue weighted by atomic mass is 79.9. The number of hydrogen-bond acceptors (Lipinski definition) is 3. The number of nitro groups is 1. The van der Waals surface area contributed by atoms with Gasteiger partial charge in [-0.05, 0) is 62.0 Å². The van der Waals surface area contributed by atoms with Gasteiger partial charge in [-0.2, -0.15) is 0 Å². The van der Waals surface area contributed by atoms with Crippen LogP contribution in [0.1, 0.15) is 32.1 Å². The number of benzene rings is 1. The zero-order chi connectivity index (χ0) is 15.4. The van der Waals surface area contributed by atoms with Crippen LogP contribution in [-0.4, -0.2) is 20.5 Å². The molecule has 0 heterocycles. The van der Waals surface area contributed by atoms with E-state index < -0.39 is 0 Å². The van der Waals surface area contributed by atoms with E-state index in [1.165, 1.54) is 24.2 Å². The van der Waals surface area contributed by atoms with Gasteiger partial charge >= 0.3 is 0 Å². The van der Waals surface area contributed by atoms with Crippen molar-refractivity contribution in [3.05, 3.63) is 40.4 Å². The lowest BCUT2D eigenvalue weighted by atomic mass is 9.51. The molecular formula is C17H20BrNO2S.